The molecule has 1 aromatic rings. The first-order valence-corrected chi connectivity index (χ1v) is 7.22. The lowest BCUT2D eigenvalue weighted by Gasteiger charge is -2.05. The molecule has 0 amide bonds. The summed E-state index contributed by atoms with van der Waals surface area (Å²) >= 11 is 3.47. The number of benzene rings is 1. The highest BCUT2D eigenvalue weighted by Gasteiger charge is 2.25. The van der Waals surface area contributed by atoms with Gasteiger partial charge >= 0.3 is 11.9 Å². The van der Waals surface area contributed by atoms with Crippen LogP contribution in [0.1, 0.15) is 24.8 Å². The minimum atomic E-state index is -0.879. The fourth-order valence-corrected chi connectivity index (χ4v) is 2.59. The van der Waals surface area contributed by atoms with Crippen LogP contribution in [-0.2, 0) is 20.7 Å². The second-order valence-electron chi connectivity index (χ2n) is 4.66. The molecular weight excluding hydrogens is 324 g/mol. The van der Waals surface area contributed by atoms with Crippen molar-refractivity contribution in [2.45, 2.75) is 31.8 Å². The summed E-state index contributed by atoms with van der Waals surface area (Å²) in [5.74, 6) is -1.21. The fraction of sp³-hybridized carbons (Fsp3) is 0.333. The molecule has 0 saturated heterocycles. The predicted octanol–water partition coefficient (Wildman–Crippen LogP) is 3.10. The normalized spacial score (nSPS) is 17.8. The molecule has 1 N–H and O–H groups in total. The van der Waals surface area contributed by atoms with Gasteiger partial charge in [-0.1, -0.05) is 34.1 Å². The second-order valence-corrected chi connectivity index (χ2v) is 5.51. The summed E-state index contributed by atoms with van der Waals surface area (Å²) in [6.45, 7) is 0. The van der Waals surface area contributed by atoms with E-state index in [9.17, 15) is 9.59 Å². The lowest BCUT2D eigenvalue weighted by Crippen LogP contribution is -2.10. The molecule has 20 heavy (non-hydrogen) atoms. The molecule has 0 aromatic heterocycles. The molecule has 0 spiro atoms. The first kappa shape index (κ1) is 14.8. The maximum absolute atomic E-state index is 11.7. The van der Waals surface area contributed by atoms with Crippen molar-refractivity contribution >= 4 is 27.9 Å². The number of aliphatic carboxylic acids is 1. The number of cyclic esters (lactones) is 1. The highest BCUT2D eigenvalue weighted by molar-refractivity contribution is 9.10. The number of carbonyl (C=O) groups is 2. The number of esters is 1. The molecule has 2 rings (SSSR count). The minimum Gasteiger partial charge on any atom is -0.481 e. The average Bonchev–Trinajstić information content (AvgIpc) is 2.76. The molecular formula is C15H15BrO4. The van der Waals surface area contributed by atoms with Gasteiger partial charge in [-0.3, -0.25) is 4.79 Å². The van der Waals surface area contributed by atoms with Crippen molar-refractivity contribution in [2.75, 3.05) is 0 Å². The third-order valence-corrected chi connectivity index (χ3v) is 3.95. The Morgan fingerprint density at radius 1 is 1.30 bits per heavy atom. The van der Waals surface area contributed by atoms with Crippen LogP contribution in [0.25, 0.3) is 0 Å². The van der Waals surface area contributed by atoms with Crippen molar-refractivity contribution < 1.29 is 19.4 Å². The molecule has 1 aromatic carbocycles. The summed E-state index contributed by atoms with van der Waals surface area (Å²) in [5.41, 5.74) is 1.77. The standard InChI is InChI=1S/C15H15BrO4/c16-13-4-2-1-3-10(13)5-6-11-9-12(20-15(11)19)7-8-14(17)18/h1-4,9,12H,5-8H2,(H,17,18)/t12-/m1/s1. The predicted molar refractivity (Wildman–Crippen MR) is 77.3 cm³/mol. The second kappa shape index (κ2) is 6.70. The van der Waals surface area contributed by atoms with Gasteiger partial charge in [0.25, 0.3) is 0 Å². The Labute approximate surface area is 125 Å². The number of aryl methyl sites for hydroxylation is 1. The highest BCUT2D eigenvalue weighted by atomic mass is 79.9. The summed E-state index contributed by atoms with van der Waals surface area (Å²) in [6, 6.07) is 7.87. The van der Waals surface area contributed by atoms with Crippen molar-refractivity contribution in [3.63, 3.8) is 0 Å². The molecule has 0 aliphatic carbocycles. The third kappa shape index (κ3) is 3.93. The summed E-state index contributed by atoms with van der Waals surface area (Å²) in [4.78, 5) is 22.2. The van der Waals surface area contributed by atoms with Crippen molar-refractivity contribution in [1.82, 2.24) is 0 Å². The third-order valence-electron chi connectivity index (χ3n) is 3.17. The van der Waals surface area contributed by atoms with Crippen molar-refractivity contribution in [3.8, 4) is 0 Å². The van der Waals surface area contributed by atoms with E-state index >= 15 is 0 Å². The molecule has 0 saturated carbocycles. The van der Waals surface area contributed by atoms with Crippen LogP contribution in [-0.4, -0.2) is 23.1 Å². The largest absolute Gasteiger partial charge is 0.481 e. The van der Waals surface area contributed by atoms with E-state index in [2.05, 4.69) is 15.9 Å². The maximum Gasteiger partial charge on any atom is 0.334 e. The summed E-state index contributed by atoms with van der Waals surface area (Å²) in [5, 5.41) is 8.62. The van der Waals surface area contributed by atoms with Gasteiger partial charge in [0.15, 0.2) is 0 Å². The number of carboxylic acids is 1. The van der Waals surface area contributed by atoms with Crippen molar-refractivity contribution in [1.29, 1.82) is 0 Å². The molecule has 5 heteroatoms. The Balaban J connectivity index is 1.92. The van der Waals surface area contributed by atoms with Gasteiger partial charge < -0.3 is 9.84 Å². The van der Waals surface area contributed by atoms with Crippen LogP contribution in [0.15, 0.2) is 40.4 Å². The maximum atomic E-state index is 11.7. The molecule has 0 fully saturated rings. The average molecular weight is 339 g/mol. The van der Waals surface area contributed by atoms with Gasteiger partial charge in [-0.15, -0.1) is 0 Å². The molecule has 1 atom stereocenters. The SMILES string of the molecule is O=C(O)CC[C@@H]1C=C(CCc2ccccc2Br)C(=O)O1. The van der Waals surface area contributed by atoms with Gasteiger partial charge in [0.05, 0.1) is 0 Å². The van der Waals surface area contributed by atoms with Crippen LogP contribution < -0.4 is 0 Å². The van der Waals surface area contributed by atoms with E-state index < -0.39 is 12.1 Å². The van der Waals surface area contributed by atoms with E-state index in [1.165, 1.54) is 0 Å². The Kier molecular flexibility index (Phi) is 4.95. The monoisotopic (exact) mass is 338 g/mol. The van der Waals surface area contributed by atoms with Gasteiger partial charge in [-0.25, -0.2) is 4.79 Å². The lowest BCUT2D eigenvalue weighted by molar-refractivity contribution is -0.143. The van der Waals surface area contributed by atoms with Gasteiger partial charge in [0, 0.05) is 16.5 Å². The number of ether oxygens (including phenoxy) is 1. The molecule has 106 valence electrons. The first-order chi connectivity index (χ1) is 9.56. The highest BCUT2D eigenvalue weighted by Crippen LogP contribution is 2.24. The van der Waals surface area contributed by atoms with E-state index in [1.807, 2.05) is 24.3 Å². The van der Waals surface area contributed by atoms with Crippen molar-refractivity contribution in [2.24, 2.45) is 0 Å². The zero-order chi connectivity index (χ0) is 14.5. The molecule has 0 radical (unpaired) electrons. The van der Waals surface area contributed by atoms with Crippen LogP contribution in [0.2, 0.25) is 0 Å². The lowest BCUT2D eigenvalue weighted by atomic mass is 10.0. The Bertz CT molecular complexity index is 551. The molecule has 1 heterocycles. The Morgan fingerprint density at radius 3 is 2.75 bits per heavy atom. The van der Waals surface area contributed by atoms with Crippen LogP contribution in [0.4, 0.5) is 0 Å². The number of halogens is 1. The fourth-order valence-electron chi connectivity index (χ4n) is 2.10. The quantitative estimate of drug-likeness (QED) is 0.809. The zero-order valence-electron chi connectivity index (χ0n) is 10.8. The number of hydrogen-bond donors (Lipinski definition) is 1. The Hall–Kier alpha value is -1.62. The number of hydrogen-bond acceptors (Lipinski definition) is 3. The smallest absolute Gasteiger partial charge is 0.334 e. The number of rotatable bonds is 6. The van der Waals surface area contributed by atoms with E-state index in [0.717, 1.165) is 16.5 Å². The summed E-state index contributed by atoms with van der Waals surface area (Å²) in [6.07, 6.45) is 3.04. The van der Waals surface area contributed by atoms with E-state index in [-0.39, 0.29) is 12.4 Å². The zero-order valence-corrected chi connectivity index (χ0v) is 12.4. The van der Waals surface area contributed by atoms with Gasteiger partial charge in [0.1, 0.15) is 6.10 Å². The van der Waals surface area contributed by atoms with Crippen LogP contribution in [0, 0.1) is 0 Å². The molecule has 1 aliphatic rings. The number of carbonyl (C=O) groups excluding carboxylic acids is 1. The van der Waals surface area contributed by atoms with Gasteiger partial charge in [-0.05, 0) is 37.0 Å². The topological polar surface area (TPSA) is 63.6 Å². The molecule has 0 bridgehead atoms. The minimum absolute atomic E-state index is 0.00591. The summed E-state index contributed by atoms with van der Waals surface area (Å²) in [7, 11) is 0. The van der Waals surface area contributed by atoms with E-state index in [0.29, 0.717) is 18.4 Å². The number of carboxylic acid groups (broad SMARTS) is 1. The van der Waals surface area contributed by atoms with Gasteiger partial charge in [0.2, 0.25) is 0 Å². The van der Waals surface area contributed by atoms with Crippen LogP contribution in [0.3, 0.4) is 0 Å². The summed E-state index contributed by atoms with van der Waals surface area (Å²) < 4.78 is 6.16. The van der Waals surface area contributed by atoms with Crippen LogP contribution >= 0.6 is 15.9 Å². The molecule has 4 nitrogen and oxygen atoms in total. The van der Waals surface area contributed by atoms with Crippen LogP contribution in [0.5, 0.6) is 0 Å². The van der Waals surface area contributed by atoms with Crippen molar-refractivity contribution in [3.05, 3.63) is 46.0 Å². The molecule has 0 unspecified atom stereocenters. The first-order valence-electron chi connectivity index (χ1n) is 6.43. The Morgan fingerprint density at radius 2 is 2.05 bits per heavy atom. The van der Waals surface area contributed by atoms with E-state index in [4.69, 9.17) is 9.84 Å². The van der Waals surface area contributed by atoms with Gasteiger partial charge in [-0.2, -0.15) is 0 Å². The molecule has 1 aliphatic heterocycles. The van der Waals surface area contributed by atoms with E-state index in [1.54, 1.807) is 6.08 Å².